The molecule has 0 N–H and O–H groups in total. The lowest BCUT2D eigenvalue weighted by molar-refractivity contribution is 0.0933. The van der Waals surface area contributed by atoms with E-state index in [0.717, 1.165) is 9.87 Å². The summed E-state index contributed by atoms with van der Waals surface area (Å²) in [5, 5.41) is 0. The van der Waals surface area contributed by atoms with Gasteiger partial charge in [0.1, 0.15) is 0 Å². The highest BCUT2D eigenvalue weighted by atomic mass is 32.2. The van der Waals surface area contributed by atoms with Crippen LogP contribution in [0.15, 0.2) is 53.4 Å². The van der Waals surface area contributed by atoms with Crippen molar-refractivity contribution in [2.24, 2.45) is 0 Å². The van der Waals surface area contributed by atoms with Crippen molar-refractivity contribution in [1.29, 1.82) is 0 Å². The molecule has 25 heavy (non-hydrogen) atoms. The molecule has 0 spiro atoms. The number of fused-ring (bicyclic) bond motifs is 1. The molecule has 3 rings (SSSR count). The highest BCUT2D eigenvalue weighted by Crippen LogP contribution is 2.37. The molecule has 2 aromatic carbocycles. The van der Waals surface area contributed by atoms with E-state index < -0.39 is 28.9 Å². The fourth-order valence-electron chi connectivity index (χ4n) is 3.04. The second kappa shape index (κ2) is 6.55. The van der Waals surface area contributed by atoms with Crippen LogP contribution < -0.4 is 4.31 Å². The van der Waals surface area contributed by atoms with Crippen molar-refractivity contribution in [2.45, 2.75) is 37.1 Å². The number of anilines is 1. The minimum atomic E-state index is -4.06. The van der Waals surface area contributed by atoms with Gasteiger partial charge >= 0.3 is 0 Å². The highest BCUT2D eigenvalue weighted by Gasteiger charge is 2.40. The lowest BCUT2D eigenvalue weighted by Gasteiger charge is -2.37. The molecule has 0 saturated carbocycles. The molecule has 1 heterocycles. The Balaban J connectivity index is 2.15. The van der Waals surface area contributed by atoms with Crippen molar-refractivity contribution in [3.63, 3.8) is 0 Å². The van der Waals surface area contributed by atoms with Crippen LogP contribution in [-0.2, 0) is 10.0 Å². The Morgan fingerprint density at radius 3 is 2.40 bits per heavy atom. The van der Waals surface area contributed by atoms with Gasteiger partial charge in [-0.05, 0) is 31.2 Å². The predicted octanol–water partition coefficient (Wildman–Crippen LogP) is 3.80. The van der Waals surface area contributed by atoms with Gasteiger partial charge in [-0.3, -0.25) is 9.10 Å². The van der Waals surface area contributed by atoms with E-state index in [1.165, 1.54) is 24.3 Å². The highest BCUT2D eigenvalue weighted by molar-refractivity contribution is 7.92. The van der Waals surface area contributed by atoms with Gasteiger partial charge in [0.25, 0.3) is 10.0 Å². The van der Waals surface area contributed by atoms with Crippen molar-refractivity contribution >= 4 is 21.5 Å². The van der Waals surface area contributed by atoms with Crippen molar-refractivity contribution < 1.29 is 22.0 Å². The van der Waals surface area contributed by atoms with Crippen molar-refractivity contribution in [3.05, 3.63) is 59.7 Å². The number of Topliss-reactive ketones (excluding diaryl/α,β-unsaturated/α-hetero) is 1. The number of alkyl halides is 2. The Labute approximate surface area is 145 Å². The molecule has 1 atom stereocenters. The van der Waals surface area contributed by atoms with E-state index in [-0.39, 0.29) is 28.4 Å². The number of benzene rings is 2. The second-order valence-corrected chi connectivity index (χ2v) is 7.85. The van der Waals surface area contributed by atoms with Crippen LogP contribution in [0.4, 0.5) is 14.5 Å². The molecule has 2 aromatic rings. The van der Waals surface area contributed by atoms with E-state index in [1.807, 2.05) is 6.92 Å². The first-order valence-corrected chi connectivity index (χ1v) is 9.26. The summed E-state index contributed by atoms with van der Waals surface area (Å²) in [7, 11) is -4.06. The molecule has 4 nitrogen and oxygen atoms in total. The van der Waals surface area contributed by atoms with Crippen LogP contribution in [-0.4, -0.2) is 26.7 Å². The van der Waals surface area contributed by atoms with Gasteiger partial charge in [-0.1, -0.05) is 29.8 Å². The van der Waals surface area contributed by atoms with Gasteiger partial charge in [-0.25, -0.2) is 17.2 Å². The number of hydrogen-bond acceptors (Lipinski definition) is 3. The number of aryl methyl sites for hydroxylation is 1. The second-order valence-electron chi connectivity index (χ2n) is 6.04. The summed E-state index contributed by atoms with van der Waals surface area (Å²) in [6.45, 7) is 1.82. The van der Waals surface area contributed by atoms with Gasteiger partial charge < -0.3 is 0 Å². The number of rotatable bonds is 4. The molecule has 0 radical (unpaired) electrons. The topological polar surface area (TPSA) is 54.5 Å². The quantitative estimate of drug-likeness (QED) is 0.828. The first-order chi connectivity index (χ1) is 11.8. The Morgan fingerprint density at radius 2 is 1.76 bits per heavy atom. The van der Waals surface area contributed by atoms with Crippen LogP contribution >= 0.6 is 0 Å². The first-order valence-electron chi connectivity index (χ1n) is 7.82. The van der Waals surface area contributed by atoms with Crippen molar-refractivity contribution in [1.82, 2.24) is 0 Å². The summed E-state index contributed by atoms with van der Waals surface area (Å²) in [5.74, 6) is -0.323. The minimum Gasteiger partial charge on any atom is -0.294 e. The van der Waals surface area contributed by atoms with Crippen molar-refractivity contribution in [3.8, 4) is 0 Å². The molecule has 7 heteroatoms. The number of sulfonamides is 1. The number of nitrogens with zero attached hydrogens (tertiary/aromatic N) is 1. The van der Waals surface area contributed by atoms with Crippen molar-refractivity contribution in [2.75, 3.05) is 4.31 Å². The molecular weight excluding hydrogens is 348 g/mol. The largest absolute Gasteiger partial charge is 0.294 e. The van der Waals surface area contributed by atoms with Gasteiger partial charge in [0.05, 0.1) is 16.6 Å². The maximum atomic E-state index is 13.1. The molecular formula is C18H17F2NO3S. The summed E-state index contributed by atoms with van der Waals surface area (Å²) in [6.07, 6.45) is -3.66. The Bertz CT molecular complexity index is 895. The summed E-state index contributed by atoms with van der Waals surface area (Å²) >= 11 is 0. The molecule has 1 unspecified atom stereocenters. The zero-order valence-electron chi connectivity index (χ0n) is 13.5. The summed E-state index contributed by atoms with van der Waals surface area (Å²) in [5.41, 5.74) is 1.28. The van der Waals surface area contributed by atoms with Crippen LogP contribution in [0.5, 0.6) is 0 Å². The molecule has 0 bridgehead atoms. The molecule has 0 aliphatic carbocycles. The zero-order valence-corrected chi connectivity index (χ0v) is 14.3. The summed E-state index contributed by atoms with van der Waals surface area (Å²) in [6, 6.07) is 11.3. The van der Waals surface area contributed by atoms with Crippen LogP contribution in [0.3, 0.4) is 0 Å². The molecule has 0 fully saturated rings. The number of hydrogen-bond donors (Lipinski definition) is 0. The fourth-order valence-corrected chi connectivity index (χ4v) is 4.72. The van der Waals surface area contributed by atoms with Crippen LogP contribution in [0.2, 0.25) is 0 Å². The molecule has 1 aliphatic heterocycles. The molecule has 0 saturated heterocycles. The number of carbonyl (C=O) groups excluding carboxylic acids is 1. The molecule has 1 aliphatic rings. The van der Waals surface area contributed by atoms with Gasteiger partial charge in [0.2, 0.25) is 6.43 Å². The van der Waals surface area contributed by atoms with Gasteiger partial charge in [-0.15, -0.1) is 0 Å². The maximum Gasteiger partial charge on any atom is 0.264 e. The monoisotopic (exact) mass is 365 g/mol. The van der Waals surface area contributed by atoms with Gasteiger partial charge in [0.15, 0.2) is 5.78 Å². The fraction of sp³-hybridized carbons (Fsp3) is 0.278. The van der Waals surface area contributed by atoms with Crippen LogP contribution in [0, 0.1) is 6.92 Å². The standard InChI is InChI=1S/C18H17F2NO3S/c1-12-6-8-14(9-7-12)25(23,24)21-13(11-18(19)20)10-17(22)15-4-2-3-5-16(15)21/h2-9,13,18H,10-11H2,1H3. The van der Waals surface area contributed by atoms with Crippen LogP contribution in [0.1, 0.15) is 28.8 Å². The number of ketones is 1. The van der Waals surface area contributed by atoms with E-state index in [0.29, 0.717) is 0 Å². The third-order valence-corrected chi connectivity index (χ3v) is 6.10. The Kier molecular flexibility index (Phi) is 4.60. The van der Waals surface area contributed by atoms with E-state index in [1.54, 1.807) is 24.3 Å². The normalized spacial score (nSPS) is 17.7. The van der Waals surface area contributed by atoms with E-state index in [9.17, 15) is 22.0 Å². The minimum absolute atomic E-state index is 0.0153. The summed E-state index contributed by atoms with van der Waals surface area (Å²) in [4.78, 5) is 12.3. The van der Waals surface area contributed by atoms with Gasteiger partial charge in [0, 0.05) is 18.4 Å². The molecule has 0 aromatic heterocycles. The number of halogens is 2. The third-order valence-electron chi connectivity index (χ3n) is 4.22. The first kappa shape index (κ1) is 17.5. The van der Waals surface area contributed by atoms with E-state index in [4.69, 9.17) is 0 Å². The lowest BCUT2D eigenvalue weighted by Crippen LogP contribution is -2.46. The number of carbonyl (C=O) groups is 1. The summed E-state index contributed by atoms with van der Waals surface area (Å²) < 4.78 is 53.3. The van der Waals surface area contributed by atoms with E-state index in [2.05, 4.69) is 0 Å². The van der Waals surface area contributed by atoms with Gasteiger partial charge in [-0.2, -0.15) is 0 Å². The van der Waals surface area contributed by atoms with Crippen LogP contribution in [0.25, 0.3) is 0 Å². The Hall–Kier alpha value is -2.28. The Morgan fingerprint density at radius 1 is 1.12 bits per heavy atom. The zero-order chi connectivity index (χ0) is 18.2. The number of para-hydroxylation sites is 1. The lowest BCUT2D eigenvalue weighted by atomic mass is 9.95. The predicted molar refractivity (Wildman–Crippen MR) is 90.6 cm³/mol. The average Bonchev–Trinajstić information content (AvgIpc) is 2.54. The third kappa shape index (κ3) is 3.28. The van der Waals surface area contributed by atoms with E-state index >= 15 is 0 Å². The average molecular weight is 365 g/mol. The molecule has 0 amide bonds. The smallest absolute Gasteiger partial charge is 0.264 e. The molecule has 132 valence electrons. The maximum absolute atomic E-state index is 13.1. The SMILES string of the molecule is Cc1ccc(S(=O)(=O)N2c3ccccc3C(=O)CC2CC(F)F)cc1.